The van der Waals surface area contributed by atoms with Crippen molar-refractivity contribution < 1.29 is 4.79 Å². The van der Waals surface area contributed by atoms with Crippen molar-refractivity contribution in [1.29, 1.82) is 0 Å². The van der Waals surface area contributed by atoms with Crippen LogP contribution < -0.4 is 5.32 Å². The highest BCUT2D eigenvalue weighted by atomic mass is 16.2. The number of rotatable bonds is 2. The molecule has 0 aliphatic carbocycles. The van der Waals surface area contributed by atoms with Crippen molar-refractivity contribution in [3.63, 3.8) is 0 Å². The topological polar surface area (TPSA) is 35.6 Å². The molecule has 0 radical (unpaired) electrons. The lowest BCUT2D eigenvalue weighted by molar-refractivity contribution is 0.145. The Hall–Kier alpha value is -0.770. The lowest BCUT2D eigenvalue weighted by Gasteiger charge is -2.34. The van der Waals surface area contributed by atoms with Gasteiger partial charge >= 0.3 is 6.03 Å². The van der Waals surface area contributed by atoms with Crippen molar-refractivity contribution in [2.75, 3.05) is 33.7 Å². The van der Waals surface area contributed by atoms with Crippen molar-refractivity contribution in [3.05, 3.63) is 0 Å². The molecule has 1 aliphatic heterocycles. The summed E-state index contributed by atoms with van der Waals surface area (Å²) in [6.45, 7) is 4.53. The Labute approximate surface area is 86.2 Å². The van der Waals surface area contributed by atoms with Gasteiger partial charge in [0.2, 0.25) is 0 Å². The average Bonchev–Trinajstić information content (AvgIpc) is 2.27. The summed E-state index contributed by atoms with van der Waals surface area (Å²) in [6.07, 6.45) is 2.28. The van der Waals surface area contributed by atoms with Gasteiger partial charge in [-0.25, -0.2) is 4.79 Å². The lowest BCUT2D eigenvalue weighted by Crippen LogP contribution is -2.50. The first-order valence-corrected chi connectivity index (χ1v) is 5.36. The molecule has 1 aliphatic rings. The number of hydrogen-bond donors (Lipinski definition) is 1. The molecule has 1 saturated heterocycles. The third-order valence-electron chi connectivity index (χ3n) is 2.90. The van der Waals surface area contributed by atoms with E-state index < -0.39 is 0 Å². The standard InChI is InChI=1S/C10H21N3O/c1-4-12(3)10(14)13-7-5-6-9(8-13)11-2/h9,11H,4-8H2,1-3H3. The van der Waals surface area contributed by atoms with Gasteiger partial charge in [-0.1, -0.05) is 0 Å². The van der Waals surface area contributed by atoms with Crippen LogP contribution in [0.2, 0.25) is 0 Å². The molecule has 4 heteroatoms. The molecule has 0 bridgehead atoms. The number of hydrogen-bond acceptors (Lipinski definition) is 2. The summed E-state index contributed by atoms with van der Waals surface area (Å²) < 4.78 is 0. The summed E-state index contributed by atoms with van der Waals surface area (Å²) >= 11 is 0. The van der Waals surface area contributed by atoms with Crippen LogP contribution in [0.15, 0.2) is 0 Å². The quantitative estimate of drug-likeness (QED) is 0.712. The molecule has 0 aromatic carbocycles. The molecular weight excluding hydrogens is 178 g/mol. The Bertz CT molecular complexity index is 196. The second kappa shape index (κ2) is 5.20. The SMILES string of the molecule is CCN(C)C(=O)N1CCCC(NC)C1. The van der Waals surface area contributed by atoms with Gasteiger partial charge in [-0.15, -0.1) is 0 Å². The number of amides is 2. The van der Waals surface area contributed by atoms with E-state index in [1.807, 2.05) is 25.9 Å². The molecule has 0 aromatic heterocycles. The van der Waals surface area contributed by atoms with Crippen LogP contribution in [0.5, 0.6) is 0 Å². The van der Waals surface area contributed by atoms with E-state index in [0.717, 1.165) is 26.1 Å². The Kier molecular flexibility index (Phi) is 4.20. The fraction of sp³-hybridized carbons (Fsp3) is 0.900. The predicted octanol–water partition coefficient (Wildman–Crippen LogP) is 0.742. The minimum Gasteiger partial charge on any atom is -0.328 e. The van der Waals surface area contributed by atoms with Crippen LogP contribution in [0.25, 0.3) is 0 Å². The first kappa shape index (κ1) is 11.3. The van der Waals surface area contributed by atoms with Gasteiger partial charge in [0.05, 0.1) is 0 Å². The van der Waals surface area contributed by atoms with Crippen molar-refractivity contribution in [1.82, 2.24) is 15.1 Å². The number of nitrogens with one attached hydrogen (secondary N) is 1. The van der Waals surface area contributed by atoms with Gasteiger partial charge in [0.1, 0.15) is 0 Å². The van der Waals surface area contributed by atoms with E-state index in [2.05, 4.69) is 5.32 Å². The van der Waals surface area contributed by atoms with Crippen LogP contribution >= 0.6 is 0 Å². The number of carbonyl (C=O) groups excluding carboxylic acids is 1. The normalized spacial score (nSPS) is 22.2. The van der Waals surface area contributed by atoms with Gasteiger partial charge in [-0.3, -0.25) is 0 Å². The maximum absolute atomic E-state index is 11.8. The van der Waals surface area contributed by atoms with Gasteiger partial charge in [0.15, 0.2) is 0 Å². The Morgan fingerprint density at radius 2 is 2.36 bits per heavy atom. The molecule has 1 atom stereocenters. The number of piperidine rings is 1. The second-order valence-corrected chi connectivity index (χ2v) is 3.87. The summed E-state index contributed by atoms with van der Waals surface area (Å²) in [7, 11) is 3.81. The molecule has 0 aromatic rings. The summed E-state index contributed by atoms with van der Waals surface area (Å²) in [5, 5.41) is 3.23. The average molecular weight is 199 g/mol. The number of urea groups is 1. The van der Waals surface area contributed by atoms with E-state index in [9.17, 15) is 4.79 Å². The minimum atomic E-state index is 0.160. The molecule has 1 heterocycles. The third-order valence-corrected chi connectivity index (χ3v) is 2.90. The molecule has 2 amide bonds. The third kappa shape index (κ3) is 2.61. The Balaban J connectivity index is 2.47. The van der Waals surface area contributed by atoms with E-state index in [-0.39, 0.29) is 6.03 Å². The summed E-state index contributed by atoms with van der Waals surface area (Å²) in [6, 6.07) is 0.630. The van der Waals surface area contributed by atoms with Crippen LogP contribution in [0, 0.1) is 0 Å². The van der Waals surface area contributed by atoms with Crippen molar-refractivity contribution in [2.45, 2.75) is 25.8 Å². The maximum Gasteiger partial charge on any atom is 0.319 e. The van der Waals surface area contributed by atoms with Crippen molar-refractivity contribution in [2.24, 2.45) is 0 Å². The van der Waals surface area contributed by atoms with Gasteiger partial charge < -0.3 is 15.1 Å². The molecule has 1 fully saturated rings. The summed E-state index contributed by atoms with van der Waals surface area (Å²) in [5.41, 5.74) is 0. The molecule has 1 unspecified atom stereocenters. The molecule has 82 valence electrons. The van der Waals surface area contributed by atoms with Gasteiger partial charge in [-0.05, 0) is 26.8 Å². The van der Waals surface area contributed by atoms with Crippen LogP contribution in [-0.2, 0) is 0 Å². The zero-order valence-corrected chi connectivity index (χ0v) is 9.42. The highest BCUT2D eigenvalue weighted by Crippen LogP contribution is 2.11. The molecule has 0 spiro atoms. The van der Waals surface area contributed by atoms with Gasteiger partial charge in [-0.2, -0.15) is 0 Å². The molecule has 0 saturated carbocycles. The maximum atomic E-state index is 11.8. The Morgan fingerprint density at radius 1 is 1.64 bits per heavy atom. The Morgan fingerprint density at radius 3 is 2.93 bits per heavy atom. The highest BCUT2D eigenvalue weighted by Gasteiger charge is 2.23. The van der Waals surface area contributed by atoms with E-state index in [1.54, 1.807) is 4.90 Å². The molecule has 4 nitrogen and oxygen atoms in total. The minimum absolute atomic E-state index is 0.160. The zero-order chi connectivity index (χ0) is 10.6. The monoisotopic (exact) mass is 199 g/mol. The number of likely N-dealkylation sites (N-methyl/N-ethyl adjacent to an activating group) is 1. The van der Waals surface area contributed by atoms with Gasteiger partial charge in [0, 0.05) is 32.7 Å². The van der Waals surface area contributed by atoms with E-state index >= 15 is 0 Å². The predicted molar refractivity (Wildman–Crippen MR) is 57.4 cm³/mol. The molecule has 1 N–H and O–H groups in total. The second-order valence-electron chi connectivity index (χ2n) is 3.87. The number of likely N-dealkylation sites (tertiary alicyclic amines) is 1. The first-order chi connectivity index (χ1) is 6.69. The van der Waals surface area contributed by atoms with Gasteiger partial charge in [0.25, 0.3) is 0 Å². The molecular formula is C10H21N3O. The van der Waals surface area contributed by atoms with Crippen LogP contribution in [0.4, 0.5) is 4.79 Å². The molecule has 1 rings (SSSR count). The highest BCUT2D eigenvalue weighted by molar-refractivity contribution is 5.74. The number of nitrogens with zero attached hydrogens (tertiary/aromatic N) is 2. The number of carbonyl (C=O) groups is 1. The fourth-order valence-corrected chi connectivity index (χ4v) is 1.76. The van der Waals surface area contributed by atoms with Crippen LogP contribution in [-0.4, -0.2) is 55.6 Å². The smallest absolute Gasteiger partial charge is 0.319 e. The van der Waals surface area contributed by atoms with Crippen LogP contribution in [0.1, 0.15) is 19.8 Å². The fourth-order valence-electron chi connectivity index (χ4n) is 1.76. The molecule has 14 heavy (non-hydrogen) atoms. The van der Waals surface area contributed by atoms with E-state index in [4.69, 9.17) is 0 Å². The van der Waals surface area contributed by atoms with E-state index in [1.165, 1.54) is 6.42 Å². The van der Waals surface area contributed by atoms with Crippen LogP contribution in [0.3, 0.4) is 0 Å². The summed E-state index contributed by atoms with van der Waals surface area (Å²) in [5.74, 6) is 0. The van der Waals surface area contributed by atoms with Crippen molar-refractivity contribution >= 4 is 6.03 Å². The largest absolute Gasteiger partial charge is 0.328 e. The first-order valence-electron chi connectivity index (χ1n) is 5.36. The van der Waals surface area contributed by atoms with E-state index in [0.29, 0.717) is 6.04 Å². The van der Waals surface area contributed by atoms with Crippen molar-refractivity contribution in [3.8, 4) is 0 Å². The summed E-state index contributed by atoms with van der Waals surface area (Å²) in [4.78, 5) is 15.5. The lowest BCUT2D eigenvalue weighted by atomic mass is 10.1. The zero-order valence-electron chi connectivity index (χ0n) is 9.42.